The van der Waals surface area contributed by atoms with Gasteiger partial charge < -0.3 is 16.0 Å². The number of carbonyl (C=O) groups excluding carboxylic acids is 1. The Morgan fingerprint density at radius 2 is 1.79 bits per heavy atom. The molecule has 0 saturated heterocycles. The Bertz CT molecular complexity index is 553. The summed E-state index contributed by atoms with van der Waals surface area (Å²) in [5.41, 5.74) is 0.0217. The number of hydrogen-bond donors (Lipinski definition) is 3. The Labute approximate surface area is 139 Å². The van der Waals surface area contributed by atoms with Gasteiger partial charge in [-0.2, -0.15) is 13.2 Å². The number of amides is 1. The Morgan fingerprint density at radius 1 is 1.17 bits per heavy atom. The number of guanidine groups is 1. The summed E-state index contributed by atoms with van der Waals surface area (Å²) in [7, 11) is 1.58. The predicted octanol–water partition coefficient (Wildman–Crippen LogP) is 2.29. The van der Waals surface area contributed by atoms with Crippen LogP contribution in [0.5, 0.6) is 0 Å². The molecule has 0 aromatic heterocycles. The summed E-state index contributed by atoms with van der Waals surface area (Å²) in [6, 6.07) is 5.01. The van der Waals surface area contributed by atoms with Crippen LogP contribution in [0.25, 0.3) is 0 Å². The van der Waals surface area contributed by atoms with Gasteiger partial charge in [-0.15, -0.1) is 0 Å². The van der Waals surface area contributed by atoms with Crippen molar-refractivity contribution in [2.24, 2.45) is 4.99 Å². The molecule has 0 fully saturated rings. The van der Waals surface area contributed by atoms with Crippen molar-refractivity contribution in [1.29, 1.82) is 0 Å². The lowest BCUT2D eigenvalue weighted by Crippen LogP contribution is -2.39. The van der Waals surface area contributed by atoms with Crippen LogP contribution in [0, 0.1) is 0 Å². The van der Waals surface area contributed by atoms with Crippen LogP contribution < -0.4 is 16.0 Å². The van der Waals surface area contributed by atoms with Crippen LogP contribution in [0.3, 0.4) is 0 Å². The Morgan fingerprint density at radius 3 is 2.29 bits per heavy atom. The van der Waals surface area contributed by atoms with Gasteiger partial charge >= 0.3 is 6.18 Å². The highest BCUT2D eigenvalue weighted by atomic mass is 19.4. The van der Waals surface area contributed by atoms with Crippen LogP contribution >= 0.6 is 0 Å². The molecule has 134 valence electrons. The van der Waals surface area contributed by atoms with Gasteiger partial charge in [-0.05, 0) is 31.5 Å². The molecule has 1 aromatic rings. The maximum atomic E-state index is 12.5. The summed E-state index contributed by atoms with van der Waals surface area (Å²) in [6.07, 6.45) is -4.03. The third-order valence-corrected chi connectivity index (χ3v) is 3.06. The Balaban J connectivity index is 2.40. The fourth-order valence-electron chi connectivity index (χ4n) is 1.91. The fraction of sp³-hybridized carbons (Fsp3) is 0.500. The van der Waals surface area contributed by atoms with Crippen LogP contribution in [-0.2, 0) is 17.5 Å². The van der Waals surface area contributed by atoms with Gasteiger partial charge in [0, 0.05) is 32.6 Å². The molecule has 5 nitrogen and oxygen atoms in total. The number of halogens is 3. The van der Waals surface area contributed by atoms with E-state index in [9.17, 15) is 18.0 Å². The standard InChI is InChI=1S/C16H23F3N4O/c1-11(2)23-14(24)8-9-21-15(20-3)22-10-12-4-6-13(7-5-12)16(17,18)19/h4-7,11H,8-10H2,1-3H3,(H,23,24)(H2,20,21,22). The SMILES string of the molecule is CN=C(NCCC(=O)NC(C)C)NCc1ccc(C(F)(F)F)cc1. The lowest BCUT2D eigenvalue weighted by Gasteiger charge is -2.13. The first-order valence-electron chi connectivity index (χ1n) is 7.62. The monoisotopic (exact) mass is 344 g/mol. The topological polar surface area (TPSA) is 65.5 Å². The zero-order valence-corrected chi connectivity index (χ0v) is 14.0. The van der Waals surface area contributed by atoms with E-state index in [1.807, 2.05) is 13.8 Å². The van der Waals surface area contributed by atoms with E-state index >= 15 is 0 Å². The number of rotatable bonds is 6. The molecule has 0 heterocycles. The lowest BCUT2D eigenvalue weighted by molar-refractivity contribution is -0.137. The van der Waals surface area contributed by atoms with E-state index in [1.54, 1.807) is 7.05 Å². The van der Waals surface area contributed by atoms with Crippen molar-refractivity contribution in [3.8, 4) is 0 Å². The van der Waals surface area contributed by atoms with E-state index in [0.717, 1.165) is 12.1 Å². The highest BCUT2D eigenvalue weighted by Gasteiger charge is 2.29. The molecule has 0 unspecified atom stereocenters. The number of nitrogens with zero attached hydrogens (tertiary/aromatic N) is 1. The zero-order valence-electron chi connectivity index (χ0n) is 14.0. The van der Waals surface area contributed by atoms with Gasteiger partial charge in [0.1, 0.15) is 0 Å². The van der Waals surface area contributed by atoms with Crippen molar-refractivity contribution in [2.75, 3.05) is 13.6 Å². The zero-order chi connectivity index (χ0) is 18.2. The van der Waals surface area contributed by atoms with Crippen LogP contribution in [-0.4, -0.2) is 31.5 Å². The van der Waals surface area contributed by atoms with E-state index in [0.29, 0.717) is 31.0 Å². The number of benzene rings is 1. The predicted molar refractivity (Wildman–Crippen MR) is 87.5 cm³/mol. The molecular weight excluding hydrogens is 321 g/mol. The molecule has 0 aliphatic rings. The summed E-state index contributed by atoms with van der Waals surface area (Å²) in [5.74, 6) is 0.419. The first kappa shape index (κ1) is 19.8. The van der Waals surface area contributed by atoms with Crippen LogP contribution in [0.2, 0.25) is 0 Å². The fourth-order valence-corrected chi connectivity index (χ4v) is 1.91. The molecule has 1 amide bonds. The van der Waals surface area contributed by atoms with Gasteiger partial charge in [-0.25, -0.2) is 0 Å². The second kappa shape index (κ2) is 9.14. The third kappa shape index (κ3) is 7.34. The highest BCUT2D eigenvalue weighted by molar-refractivity contribution is 5.81. The number of carbonyl (C=O) groups is 1. The van der Waals surface area contributed by atoms with Crippen LogP contribution in [0.4, 0.5) is 13.2 Å². The largest absolute Gasteiger partial charge is 0.416 e. The van der Waals surface area contributed by atoms with Gasteiger partial charge in [0.15, 0.2) is 5.96 Å². The summed E-state index contributed by atoms with van der Waals surface area (Å²) < 4.78 is 37.5. The molecule has 8 heteroatoms. The van der Waals surface area contributed by atoms with Crippen molar-refractivity contribution >= 4 is 11.9 Å². The molecule has 0 bridgehead atoms. The maximum Gasteiger partial charge on any atom is 0.416 e. The molecule has 0 spiro atoms. The van der Waals surface area contributed by atoms with E-state index in [1.165, 1.54) is 12.1 Å². The average molecular weight is 344 g/mol. The number of hydrogen-bond acceptors (Lipinski definition) is 2. The Hall–Kier alpha value is -2.25. The molecule has 0 radical (unpaired) electrons. The minimum atomic E-state index is -4.33. The van der Waals surface area contributed by atoms with Crippen molar-refractivity contribution in [3.05, 3.63) is 35.4 Å². The summed E-state index contributed by atoms with van der Waals surface area (Å²) >= 11 is 0. The van der Waals surface area contributed by atoms with Gasteiger partial charge in [0.05, 0.1) is 5.56 Å². The molecule has 1 aromatic carbocycles. The molecule has 1 rings (SSSR count). The summed E-state index contributed by atoms with van der Waals surface area (Å²) in [4.78, 5) is 15.5. The third-order valence-electron chi connectivity index (χ3n) is 3.06. The van der Waals surface area contributed by atoms with E-state index in [-0.39, 0.29) is 11.9 Å². The minimum Gasteiger partial charge on any atom is -0.356 e. The van der Waals surface area contributed by atoms with Crippen molar-refractivity contribution < 1.29 is 18.0 Å². The lowest BCUT2D eigenvalue weighted by atomic mass is 10.1. The molecule has 24 heavy (non-hydrogen) atoms. The average Bonchev–Trinajstić information content (AvgIpc) is 2.49. The van der Waals surface area contributed by atoms with Crippen molar-refractivity contribution in [3.63, 3.8) is 0 Å². The van der Waals surface area contributed by atoms with Gasteiger partial charge in [-0.3, -0.25) is 9.79 Å². The molecular formula is C16H23F3N4O. The van der Waals surface area contributed by atoms with E-state index in [2.05, 4.69) is 20.9 Å². The van der Waals surface area contributed by atoms with Crippen molar-refractivity contribution in [2.45, 2.75) is 39.0 Å². The molecule has 0 aliphatic heterocycles. The summed E-state index contributed by atoms with van der Waals surface area (Å²) in [5, 5.41) is 8.74. The van der Waals surface area contributed by atoms with E-state index < -0.39 is 11.7 Å². The first-order chi connectivity index (χ1) is 11.2. The quantitative estimate of drug-likeness (QED) is 0.548. The van der Waals surface area contributed by atoms with Crippen LogP contribution in [0.15, 0.2) is 29.3 Å². The van der Waals surface area contributed by atoms with Gasteiger partial charge in [0.2, 0.25) is 5.91 Å². The second-order valence-corrected chi connectivity index (χ2v) is 5.52. The smallest absolute Gasteiger partial charge is 0.356 e. The van der Waals surface area contributed by atoms with Gasteiger partial charge in [0.25, 0.3) is 0 Å². The summed E-state index contributed by atoms with van der Waals surface area (Å²) in [6.45, 7) is 4.51. The van der Waals surface area contributed by atoms with E-state index in [4.69, 9.17) is 0 Å². The highest BCUT2D eigenvalue weighted by Crippen LogP contribution is 2.28. The van der Waals surface area contributed by atoms with Crippen molar-refractivity contribution in [1.82, 2.24) is 16.0 Å². The molecule has 0 atom stereocenters. The molecule has 3 N–H and O–H groups in total. The maximum absolute atomic E-state index is 12.5. The van der Waals surface area contributed by atoms with Crippen LogP contribution in [0.1, 0.15) is 31.4 Å². The number of aliphatic imine (C=N–C) groups is 1. The number of nitrogens with one attached hydrogen (secondary N) is 3. The Kier molecular flexibility index (Phi) is 7.54. The minimum absolute atomic E-state index is 0.0595. The molecule has 0 aliphatic carbocycles. The first-order valence-corrected chi connectivity index (χ1v) is 7.62. The normalized spacial score (nSPS) is 12.2. The molecule has 0 saturated carbocycles. The second-order valence-electron chi connectivity index (χ2n) is 5.52. The van der Waals surface area contributed by atoms with Gasteiger partial charge in [-0.1, -0.05) is 12.1 Å². The number of alkyl halides is 3.